The minimum absolute atomic E-state index is 0.00131. The summed E-state index contributed by atoms with van der Waals surface area (Å²) in [4.78, 5) is 23.0. The third kappa shape index (κ3) is 4.23. The van der Waals surface area contributed by atoms with E-state index in [9.17, 15) is 4.79 Å². The Morgan fingerprint density at radius 2 is 2.12 bits per heavy atom. The molecule has 1 fully saturated rings. The molecule has 24 heavy (non-hydrogen) atoms. The van der Waals surface area contributed by atoms with Crippen LogP contribution in [0.3, 0.4) is 0 Å². The highest BCUT2D eigenvalue weighted by Gasteiger charge is 2.25. The Balaban J connectivity index is 1.50. The highest BCUT2D eigenvalue weighted by Crippen LogP contribution is 2.25. The number of benzene rings is 1. The summed E-state index contributed by atoms with van der Waals surface area (Å²) in [5.41, 5.74) is 0.980. The molecule has 0 spiro atoms. The van der Waals surface area contributed by atoms with Gasteiger partial charge in [-0.15, -0.1) is 0 Å². The van der Waals surface area contributed by atoms with Gasteiger partial charge in [-0.2, -0.15) is 0 Å². The van der Waals surface area contributed by atoms with Crippen LogP contribution in [0.25, 0.3) is 0 Å². The van der Waals surface area contributed by atoms with Crippen molar-refractivity contribution < 1.29 is 9.53 Å². The first-order valence-electron chi connectivity index (χ1n) is 8.07. The van der Waals surface area contributed by atoms with Crippen LogP contribution in [0.4, 0.5) is 0 Å². The molecule has 1 aliphatic rings. The first-order chi connectivity index (χ1) is 11.6. The van der Waals surface area contributed by atoms with E-state index in [-0.39, 0.29) is 12.5 Å². The third-order valence-electron chi connectivity index (χ3n) is 4.18. The van der Waals surface area contributed by atoms with Gasteiger partial charge in [0.25, 0.3) is 5.91 Å². The molecule has 6 heteroatoms. The fourth-order valence-corrected chi connectivity index (χ4v) is 3.03. The maximum absolute atomic E-state index is 12.3. The van der Waals surface area contributed by atoms with Crippen LogP contribution in [0, 0.1) is 6.92 Å². The van der Waals surface area contributed by atoms with Crippen LogP contribution in [0.1, 0.15) is 30.3 Å². The van der Waals surface area contributed by atoms with E-state index < -0.39 is 0 Å². The Morgan fingerprint density at radius 3 is 2.83 bits per heavy atom. The summed E-state index contributed by atoms with van der Waals surface area (Å²) in [5.74, 6) is 1.82. The highest BCUT2D eigenvalue weighted by molar-refractivity contribution is 6.30. The lowest BCUT2D eigenvalue weighted by atomic mass is 9.96. The topological polar surface area (TPSA) is 55.3 Å². The molecule has 2 heterocycles. The first-order valence-corrected chi connectivity index (χ1v) is 8.45. The van der Waals surface area contributed by atoms with Crippen LogP contribution in [-0.2, 0) is 4.79 Å². The molecule has 3 rings (SSSR count). The molecule has 0 N–H and O–H groups in total. The Morgan fingerprint density at radius 1 is 1.33 bits per heavy atom. The molecule has 0 unspecified atom stereocenters. The maximum Gasteiger partial charge on any atom is 0.260 e. The standard InChI is InChI=1S/C18H20ClN3O2/c1-13-5-8-20-18(21-13)14-6-9-22(10-7-14)17(23)12-24-16-4-2-3-15(19)11-16/h2-5,8,11,14H,6-7,9-10,12H2,1H3. The molecule has 0 radical (unpaired) electrons. The first kappa shape index (κ1) is 16.7. The Kier molecular flexibility index (Phi) is 5.30. The molecule has 126 valence electrons. The molecule has 1 aliphatic heterocycles. The lowest BCUT2D eigenvalue weighted by molar-refractivity contribution is -0.134. The molecule has 0 saturated carbocycles. The zero-order valence-corrected chi connectivity index (χ0v) is 14.4. The Bertz CT molecular complexity index is 715. The number of rotatable bonds is 4. The molecule has 1 saturated heterocycles. The number of nitrogens with zero attached hydrogens (tertiary/aromatic N) is 3. The second kappa shape index (κ2) is 7.62. The number of ether oxygens (including phenoxy) is 1. The molecule has 0 aliphatic carbocycles. The highest BCUT2D eigenvalue weighted by atomic mass is 35.5. The number of piperidine rings is 1. The quantitative estimate of drug-likeness (QED) is 0.853. The van der Waals surface area contributed by atoms with Crippen molar-refractivity contribution in [3.63, 3.8) is 0 Å². The van der Waals surface area contributed by atoms with E-state index in [1.165, 1.54) is 0 Å². The molecule has 0 atom stereocenters. The predicted molar refractivity (Wildman–Crippen MR) is 92.3 cm³/mol. The number of hydrogen-bond acceptors (Lipinski definition) is 4. The smallest absolute Gasteiger partial charge is 0.260 e. The molecule has 2 aromatic rings. The van der Waals surface area contributed by atoms with Crippen molar-refractivity contribution >= 4 is 17.5 Å². The number of aryl methyl sites for hydroxylation is 1. The summed E-state index contributed by atoms with van der Waals surface area (Å²) < 4.78 is 5.53. The van der Waals surface area contributed by atoms with Crippen molar-refractivity contribution in [3.8, 4) is 5.75 Å². The van der Waals surface area contributed by atoms with Gasteiger partial charge in [0, 0.05) is 35.9 Å². The van der Waals surface area contributed by atoms with E-state index in [4.69, 9.17) is 16.3 Å². The van der Waals surface area contributed by atoms with Crippen molar-refractivity contribution in [1.29, 1.82) is 0 Å². The van der Waals surface area contributed by atoms with Gasteiger partial charge in [0.05, 0.1) is 0 Å². The van der Waals surface area contributed by atoms with Crippen LogP contribution in [-0.4, -0.2) is 40.5 Å². The number of halogens is 1. The fraction of sp³-hybridized carbons (Fsp3) is 0.389. The van der Waals surface area contributed by atoms with Crippen molar-refractivity contribution in [2.75, 3.05) is 19.7 Å². The monoisotopic (exact) mass is 345 g/mol. The summed E-state index contributed by atoms with van der Waals surface area (Å²) in [6.45, 7) is 3.42. The van der Waals surface area contributed by atoms with Gasteiger partial charge in [0.1, 0.15) is 11.6 Å². The van der Waals surface area contributed by atoms with Crippen molar-refractivity contribution in [1.82, 2.24) is 14.9 Å². The molecular weight excluding hydrogens is 326 g/mol. The number of hydrogen-bond donors (Lipinski definition) is 0. The third-order valence-corrected chi connectivity index (χ3v) is 4.42. The number of carbonyl (C=O) groups is 1. The van der Waals surface area contributed by atoms with E-state index in [1.54, 1.807) is 30.5 Å². The predicted octanol–water partition coefficient (Wildman–Crippen LogP) is 3.22. The van der Waals surface area contributed by atoms with Gasteiger partial charge in [0.15, 0.2) is 6.61 Å². The Labute approximate surface area is 146 Å². The van der Waals surface area contributed by atoms with Gasteiger partial charge in [-0.1, -0.05) is 17.7 Å². The van der Waals surface area contributed by atoms with Crippen molar-refractivity contribution in [2.45, 2.75) is 25.7 Å². The largest absolute Gasteiger partial charge is 0.484 e. The summed E-state index contributed by atoms with van der Waals surface area (Å²) in [6, 6.07) is 8.97. The molecule has 1 aromatic heterocycles. The fourth-order valence-electron chi connectivity index (χ4n) is 2.85. The molecule has 0 bridgehead atoms. The van der Waals surface area contributed by atoms with E-state index >= 15 is 0 Å². The number of likely N-dealkylation sites (tertiary alicyclic amines) is 1. The number of aromatic nitrogens is 2. The van der Waals surface area contributed by atoms with Gasteiger partial charge in [-0.05, 0) is 44.0 Å². The van der Waals surface area contributed by atoms with E-state index in [0.717, 1.165) is 24.4 Å². The van der Waals surface area contributed by atoms with Crippen LogP contribution >= 0.6 is 11.6 Å². The SMILES string of the molecule is Cc1ccnc(C2CCN(C(=O)COc3cccc(Cl)c3)CC2)n1. The molecular formula is C18H20ClN3O2. The Hall–Kier alpha value is -2.14. The maximum atomic E-state index is 12.3. The van der Waals surface area contributed by atoms with E-state index in [0.29, 0.717) is 29.8 Å². The van der Waals surface area contributed by atoms with Gasteiger partial charge >= 0.3 is 0 Å². The zero-order valence-electron chi connectivity index (χ0n) is 13.6. The number of amides is 1. The second-order valence-electron chi connectivity index (χ2n) is 5.96. The summed E-state index contributed by atoms with van der Waals surface area (Å²) in [6.07, 6.45) is 3.56. The van der Waals surface area contributed by atoms with Crippen molar-refractivity contribution in [3.05, 3.63) is 53.1 Å². The lowest BCUT2D eigenvalue weighted by Gasteiger charge is -2.31. The van der Waals surface area contributed by atoms with Gasteiger partial charge in [-0.3, -0.25) is 4.79 Å². The van der Waals surface area contributed by atoms with Gasteiger partial charge in [-0.25, -0.2) is 9.97 Å². The van der Waals surface area contributed by atoms with Crippen LogP contribution in [0.15, 0.2) is 36.5 Å². The average Bonchev–Trinajstić information content (AvgIpc) is 2.60. The summed E-state index contributed by atoms with van der Waals surface area (Å²) in [7, 11) is 0. The minimum atomic E-state index is -0.00131. The van der Waals surface area contributed by atoms with Gasteiger partial charge < -0.3 is 9.64 Å². The molecule has 1 amide bonds. The van der Waals surface area contributed by atoms with E-state index in [1.807, 2.05) is 17.9 Å². The van der Waals surface area contributed by atoms with Crippen LogP contribution in [0.2, 0.25) is 5.02 Å². The van der Waals surface area contributed by atoms with Crippen LogP contribution < -0.4 is 4.74 Å². The zero-order chi connectivity index (χ0) is 16.9. The molecule has 5 nitrogen and oxygen atoms in total. The van der Waals surface area contributed by atoms with Crippen molar-refractivity contribution in [2.24, 2.45) is 0 Å². The average molecular weight is 346 g/mol. The minimum Gasteiger partial charge on any atom is -0.484 e. The van der Waals surface area contributed by atoms with E-state index in [2.05, 4.69) is 9.97 Å². The number of carbonyl (C=O) groups excluding carboxylic acids is 1. The normalized spacial score (nSPS) is 15.3. The molecule has 1 aromatic carbocycles. The summed E-state index contributed by atoms with van der Waals surface area (Å²) in [5, 5.41) is 0.596. The van der Waals surface area contributed by atoms with Crippen LogP contribution in [0.5, 0.6) is 5.75 Å². The second-order valence-corrected chi connectivity index (χ2v) is 6.39. The van der Waals surface area contributed by atoms with Gasteiger partial charge in [0.2, 0.25) is 0 Å². The lowest BCUT2D eigenvalue weighted by Crippen LogP contribution is -2.40. The summed E-state index contributed by atoms with van der Waals surface area (Å²) >= 11 is 5.91.